The maximum absolute atomic E-state index is 12.6. The van der Waals surface area contributed by atoms with Crippen LogP contribution in [0.5, 0.6) is 0 Å². The average molecular weight is 1010 g/mol. The molecule has 0 aliphatic carbocycles. The van der Waals surface area contributed by atoms with Crippen LogP contribution in [0.3, 0.4) is 0 Å². The van der Waals surface area contributed by atoms with Crippen LogP contribution >= 0.6 is 46.7 Å². The summed E-state index contributed by atoms with van der Waals surface area (Å²) >= 11 is 0. The Morgan fingerprint density at radius 3 is 1.15 bits per heavy atom. The van der Waals surface area contributed by atoms with Crippen molar-refractivity contribution in [2.45, 2.75) is 31.2 Å². The molecule has 9 unspecified atom stereocenters. The standard InChI is InChI=1S/C24H59N3O27P6/c1-25-19-41-7-5-22(15-28)52-58(35,36)48-13-11-46-57(33,34)51-18-24(16-43-21-27-3)54-60(39,40)49-14-12-45-56(31,32)50-17-23(6-8-42-20-26-2)53-59(37,38)47-10-9-44-55(4,29)30/h22-28H,5-21H2,1-4H3,(H,29,30)(H,31,32)(H,33,34)(H,35,36)(H,37,38)(H,39,40). The van der Waals surface area contributed by atoms with E-state index in [4.69, 9.17) is 46.2 Å². The van der Waals surface area contributed by atoms with Gasteiger partial charge in [-0.15, -0.1) is 0 Å². The van der Waals surface area contributed by atoms with Crippen molar-refractivity contribution in [2.75, 3.05) is 127 Å². The van der Waals surface area contributed by atoms with Crippen molar-refractivity contribution in [3.8, 4) is 0 Å². The van der Waals surface area contributed by atoms with Crippen molar-refractivity contribution in [3.63, 3.8) is 0 Å². The topological polar surface area (TPSA) is 409 Å². The summed E-state index contributed by atoms with van der Waals surface area (Å²) in [4.78, 5) is 59.3. The molecule has 0 aromatic heterocycles. The number of hydrogen-bond donors (Lipinski definition) is 10. The second kappa shape index (κ2) is 32.2. The van der Waals surface area contributed by atoms with Crippen molar-refractivity contribution in [1.82, 2.24) is 16.0 Å². The third-order valence-corrected chi connectivity index (χ3v) is 11.8. The van der Waals surface area contributed by atoms with Gasteiger partial charge < -0.3 is 53.2 Å². The van der Waals surface area contributed by atoms with E-state index in [0.717, 1.165) is 6.66 Å². The van der Waals surface area contributed by atoms with E-state index in [-0.39, 0.29) is 46.2 Å². The Morgan fingerprint density at radius 1 is 0.417 bits per heavy atom. The zero-order valence-corrected chi connectivity index (χ0v) is 38.6. The predicted octanol–water partition coefficient (Wildman–Crippen LogP) is -0.0550. The van der Waals surface area contributed by atoms with Crippen LogP contribution in [0.15, 0.2) is 0 Å². The van der Waals surface area contributed by atoms with E-state index in [1.54, 1.807) is 14.1 Å². The summed E-state index contributed by atoms with van der Waals surface area (Å²) < 4.78 is 141. The Balaban J connectivity index is 5.05. The molecule has 0 aromatic carbocycles. The first-order valence-corrected chi connectivity index (χ1v) is 26.8. The van der Waals surface area contributed by atoms with E-state index in [1.807, 2.05) is 0 Å². The highest BCUT2D eigenvalue weighted by Gasteiger charge is 2.33. The van der Waals surface area contributed by atoms with Gasteiger partial charge in [0.25, 0.3) is 0 Å². The first-order chi connectivity index (χ1) is 27.9. The van der Waals surface area contributed by atoms with Gasteiger partial charge in [0.2, 0.25) is 0 Å². The molecule has 0 saturated carbocycles. The van der Waals surface area contributed by atoms with Gasteiger partial charge in [-0.3, -0.25) is 65.8 Å². The fourth-order valence-electron chi connectivity index (χ4n) is 3.58. The van der Waals surface area contributed by atoms with Crippen molar-refractivity contribution in [3.05, 3.63) is 0 Å². The number of phosphoric acid groups is 5. The summed E-state index contributed by atoms with van der Waals surface area (Å²) in [6.07, 6.45) is -4.28. The zero-order valence-electron chi connectivity index (χ0n) is 33.2. The first-order valence-electron chi connectivity index (χ1n) is 17.3. The summed E-state index contributed by atoms with van der Waals surface area (Å²) in [5.41, 5.74) is 0. The maximum atomic E-state index is 12.6. The first kappa shape index (κ1) is 60.4. The quantitative estimate of drug-likeness (QED) is 0.0218. The molecule has 0 fully saturated rings. The summed E-state index contributed by atoms with van der Waals surface area (Å²) in [7, 11) is -23.9. The normalized spacial score (nSPS) is 19.9. The average Bonchev–Trinajstić information content (AvgIpc) is 3.14. The summed E-state index contributed by atoms with van der Waals surface area (Å²) in [5.74, 6) is 0. The Morgan fingerprint density at radius 2 is 0.750 bits per heavy atom. The van der Waals surface area contributed by atoms with Gasteiger partial charge in [-0.25, -0.2) is 22.8 Å². The molecule has 0 aliphatic rings. The van der Waals surface area contributed by atoms with Gasteiger partial charge in [0.15, 0.2) is 0 Å². The second-order valence-electron chi connectivity index (χ2n) is 11.4. The number of ether oxygens (including phenoxy) is 3. The van der Waals surface area contributed by atoms with Crippen LogP contribution in [0.1, 0.15) is 12.8 Å². The molecule has 10 N–H and O–H groups in total. The lowest BCUT2D eigenvalue weighted by atomic mass is 10.3. The monoisotopic (exact) mass is 1010 g/mol. The molecule has 0 amide bonds. The molecule has 0 saturated heterocycles. The zero-order chi connectivity index (χ0) is 45.8. The second-order valence-corrected chi connectivity index (χ2v) is 20.3. The number of hydrogen-bond acceptors (Lipinski definition) is 24. The molecule has 30 nitrogen and oxygen atoms in total. The molecule has 36 heteroatoms. The largest absolute Gasteiger partial charge is 0.472 e. The van der Waals surface area contributed by atoms with Crippen LogP contribution in [-0.4, -0.2) is 180 Å². The van der Waals surface area contributed by atoms with Crippen LogP contribution in [0.25, 0.3) is 0 Å². The maximum Gasteiger partial charge on any atom is 0.472 e. The lowest BCUT2D eigenvalue weighted by Gasteiger charge is -2.23. The molecule has 0 spiro atoms. The minimum Gasteiger partial charge on any atom is -0.394 e. The number of aliphatic hydroxyl groups excluding tert-OH is 1. The minimum atomic E-state index is -5.08. The number of phosphoric ester groups is 5. The molecule has 9 atom stereocenters. The van der Waals surface area contributed by atoms with Gasteiger partial charge in [-0.1, -0.05) is 0 Å². The van der Waals surface area contributed by atoms with Crippen molar-refractivity contribution < 1.29 is 126 Å². The van der Waals surface area contributed by atoms with Gasteiger partial charge in [0.05, 0.1) is 112 Å². The highest BCUT2D eigenvalue weighted by Crippen LogP contribution is 2.50. The van der Waals surface area contributed by atoms with E-state index < -0.39 is 131 Å². The van der Waals surface area contributed by atoms with Gasteiger partial charge in [0, 0.05) is 6.66 Å². The third-order valence-electron chi connectivity index (χ3n) is 5.96. The SMILES string of the molecule is CNCOCCC(CO)OP(=O)(O)OCCOP(=O)(O)OCC(COCNC)OP(=O)(O)OCCOP(=O)(O)OCC(CCOCNC)OP(=O)(O)OCCOP(C)(=O)O. The van der Waals surface area contributed by atoms with Crippen LogP contribution in [-0.2, 0) is 91.4 Å². The minimum absolute atomic E-state index is 0.0322. The molecule has 362 valence electrons. The molecule has 0 heterocycles. The van der Waals surface area contributed by atoms with Crippen molar-refractivity contribution >= 4 is 46.7 Å². The van der Waals surface area contributed by atoms with E-state index in [1.165, 1.54) is 7.05 Å². The fraction of sp³-hybridized carbons (Fsp3) is 1.00. The Hall–Kier alpha value is 0.420. The smallest absolute Gasteiger partial charge is 0.394 e. The lowest BCUT2D eigenvalue weighted by molar-refractivity contribution is -0.00926. The van der Waals surface area contributed by atoms with Gasteiger partial charge in [-0.2, -0.15) is 0 Å². The molecule has 0 bridgehead atoms. The van der Waals surface area contributed by atoms with Gasteiger partial charge in [-0.05, 0) is 34.0 Å². The van der Waals surface area contributed by atoms with Crippen LogP contribution in [0.2, 0.25) is 0 Å². The third kappa shape index (κ3) is 35.7. The summed E-state index contributed by atoms with van der Waals surface area (Å²) in [6.45, 7) is -6.45. The van der Waals surface area contributed by atoms with Gasteiger partial charge in [0.1, 0.15) is 6.10 Å². The number of nitrogens with one attached hydrogen (secondary N) is 3. The van der Waals surface area contributed by atoms with E-state index in [9.17, 15) is 57.0 Å². The molecule has 0 radical (unpaired) electrons. The number of aliphatic hydroxyl groups is 1. The van der Waals surface area contributed by atoms with Crippen LogP contribution < -0.4 is 16.0 Å². The summed E-state index contributed by atoms with van der Waals surface area (Å²) in [5, 5.41) is 17.3. The van der Waals surface area contributed by atoms with E-state index in [0.29, 0.717) is 0 Å². The molecular weight excluding hydrogens is 948 g/mol. The predicted molar refractivity (Wildman–Crippen MR) is 203 cm³/mol. The van der Waals surface area contributed by atoms with Crippen molar-refractivity contribution in [1.29, 1.82) is 0 Å². The Bertz CT molecular complexity index is 1430. The molecule has 0 aromatic rings. The van der Waals surface area contributed by atoms with E-state index >= 15 is 0 Å². The highest BCUT2D eigenvalue weighted by atomic mass is 31.2. The molecule has 60 heavy (non-hydrogen) atoms. The van der Waals surface area contributed by atoms with Gasteiger partial charge >= 0.3 is 46.7 Å². The lowest BCUT2D eigenvalue weighted by Crippen LogP contribution is -2.27. The fourth-order valence-corrected chi connectivity index (χ4v) is 8.15. The van der Waals surface area contributed by atoms with E-state index in [2.05, 4.69) is 38.6 Å². The Kier molecular flexibility index (Phi) is 32.4. The highest BCUT2D eigenvalue weighted by molar-refractivity contribution is 7.52. The van der Waals surface area contributed by atoms with Crippen LogP contribution in [0.4, 0.5) is 0 Å². The van der Waals surface area contributed by atoms with Crippen molar-refractivity contribution in [2.24, 2.45) is 0 Å². The van der Waals surface area contributed by atoms with Crippen LogP contribution in [0, 0.1) is 0 Å². The number of rotatable bonds is 42. The Labute approximate surface area is 346 Å². The molecule has 0 rings (SSSR count). The molecular formula is C24H59N3O27P6. The summed E-state index contributed by atoms with van der Waals surface area (Å²) in [6, 6.07) is 0. The molecule has 0 aliphatic heterocycles.